The van der Waals surface area contributed by atoms with Crippen molar-refractivity contribution < 1.29 is 0 Å². The van der Waals surface area contributed by atoms with Crippen LogP contribution in [0.5, 0.6) is 0 Å². The first-order valence-electron chi connectivity index (χ1n) is 5.69. The van der Waals surface area contributed by atoms with Crippen molar-refractivity contribution in [2.24, 2.45) is 5.92 Å². The monoisotopic (exact) mass is 205 g/mol. The Morgan fingerprint density at radius 1 is 1.33 bits per heavy atom. The molecule has 1 aliphatic rings. The van der Waals surface area contributed by atoms with Gasteiger partial charge in [-0.25, -0.2) is 0 Å². The largest absolute Gasteiger partial charge is 0.371 e. The Labute approximate surface area is 91.5 Å². The van der Waals surface area contributed by atoms with Gasteiger partial charge in [-0.1, -0.05) is 0 Å². The van der Waals surface area contributed by atoms with Crippen molar-refractivity contribution in [3.05, 3.63) is 24.5 Å². The molecule has 1 saturated heterocycles. The lowest BCUT2D eigenvalue weighted by Crippen LogP contribution is -2.36. The second-order valence-electron chi connectivity index (χ2n) is 4.19. The summed E-state index contributed by atoms with van der Waals surface area (Å²) < 4.78 is 0. The van der Waals surface area contributed by atoms with Crippen molar-refractivity contribution in [3.63, 3.8) is 0 Å². The van der Waals surface area contributed by atoms with Crippen LogP contribution in [-0.4, -0.2) is 31.7 Å². The first kappa shape index (κ1) is 10.4. The van der Waals surface area contributed by atoms with Crippen LogP contribution in [0.25, 0.3) is 0 Å². The summed E-state index contributed by atoms with van der Waals surface area (Å²) in [5, 5.41) is 3.26. The average molecular weight is 205 g/mol. The van der Waals surface area contributed by atoms with Crippen molar-refractivity contribution >= 4 is 5.69 Å². The molecule has 1 aromatic rings. The molecule has 82 valence electrons. The summed E-state index contributed by atoms with van der Waals surface area (Å²) in [6, 6.07) is 4.19. The summed E-state index contributed by atoms with van der Waals surface area (Å²) in [6.07, 6.45) is 6.33. The lowest BCUT2D eigenvalue weighted by molar-refractivity contribution is 0.393. The van der Waals surface area contributed by atoms with Gasteiger partial charge >= 0.3 is 0 Å². The zero-order valence-corrected chi connectivity index (χ0v) is 9.32. The van der Waals surface area contributed by atoms with Crippen LogP contribution in [0, 0.1) is 5.92 Å². The molecule has 1 aliphatic heterocycles. The fourth-order valence-corrected chi connectivity index (χ4v) is 2.24. The molecule has 15 heavy (non-hydrogen) atoms. The molecule has 0 aromatic carbocycles. The lowest BCUT2D eigenvalue weighted by atomic mass is 9.96. The maximum atomic E-state index is 4.05. The van der Waals surface area contributed by atoms with E-state index in [2.05, 4.69) is 27.3 Å². The normalized spacial score (nSPS) is 18.1. The minimum Gasteiger partial charge on any atom is -0.371 e. The number of anilines is 1. The maximum Gasteiger partial charge on any atom is 0.0397 e. The summed E-state index contributed by atoms with van der Waals surface area (Å²) in [6.45, 7) is 3.51. The van der Waals surface area contributed by atoms with E-state index in [0.29, 0.717) is 0 Å². The van der Waals surface area contributed by atoms with Gasteiger partial charge in [-0.2, -0.15) is 0 Å². The average Bonchev–Trinajstić information content (AvgIpc) is 2.32. The predicted molar refractivity (Wildman–Crippen MR) is 63.1 cm³/mol. The van der Waals surface area contributed by atoms with E-state index in [0.717, 1.165) is 12.5 Å². The van der Waals surface area contributed by atoms with Gasteiger partial charge in [0.15, 0.2) is 0 Å². The van der Waals surface area contributed by atoms with Gasteiger partial charge in [0.25, 0.3) is 0 Å². The van der Waals surface area contributed by atoms with Crippen LogP contribution in [0.4, 0.5) is 5.69 Å². The molecule has 0 spiro atoms. The lowest BCUT2D eigenvalue weighted by Gasteiger charge is -2.33. The summed E-state index contributed by atoms with van der Waals surface area (Å²) in [5.74, 6) is 0.855. The van der Waals surface area contributed by atoms with Crippen LogP contribution in [0.2, 0.25) is 0 Å². The standard InChI is InChI=1S/C12H19N3/c1-13-10-11-4-8-15(9-5-11)12-2-6-14-7-3-12/h2-3,6-7,11,13H,4-5,8-10H2,1H3. The smallest absolute Gasteiger partial charge is 0.0397 e. The molecule has 1 N–H and O–H groups in total. The van der Waals surface area contributed by atoms with Crippen molar-refractivity contribution in [1.29, 1.82) is 0 Å². The Kier molecular flexibility index (Phi) is 3.56. The number of pyridine rings is 1. The molecule has 0 saturated carbocycles. The quantitative estimate of drug-likeness (QED) is 0.811. The molecule has 3 nitrogen and oxygen atoms in total. The molecule has 0 aliphatic carbocycles. The molecule has 3 heteroatoms. The Morgan fingerprint density at radius 3 is 2.60 bits per heavy atom. The van der Waals surface area contributed by atoms with E-state index in [1.807, 2.05) is 19.4 Å². The van der Waals surface area contributed by atoms with Crippen LogP contribution in [0.1, 0.15) is 12.8 Å². The summed E-state index contributed by atoms with van der Waals surface area (Å²) in [4.78, 5) is 6.50. The van der Waals surface area contributed by atoms with Gasteiger partial charge in [0, 0.05) is 31.2 Å². The number of rotatable bonds is 3. The molecule has 2 rings (SSSR count). The third-order valence-electron chi connectivity index (χ3n) is 3.14. The Balaban J connectivity index is 1.88. The van der Waals surface area contributed by atoms with E-state index in [1.165, 1.54) is 31.6 Å². The van der Waals surface area contributed by atoms with Crippen LogP contribution >= 0.6 is 0 Å². The van der Waals surface area contributed by atoms with Crippen molar-refractivity contribution in [2.45, 2.75) is 12.8 Å². The molecule has 0 unspecified atom stereocenters. The van der Waals surface area contributed by atoms with Gasteiger partial charge in [-0.15, -0.1) is 0 Å². The molecule has 0 atom stereocenters. The second kappa shape index (κ2) is 5.12. The number of hydrogen-bond donors (Lipinski definition) is 1. The third-order valence-corrected chi connectivity index (χ3v) is 3.14. The van der Waals surface area contributed by atoms with Crippen LogP contribution in [-0.2, 0) is 0 Å². The SMILES string of the molecule is CNCC1CCN(c2ccncc2)CC1. The molecular weight excluding hydrogens is 186 g/mol. The first-order chi connectivity index (χ1) is 7.40. The van der Waals surface area contributed by atoms with Crippen LogP contribution in [0.15, 0.2) is 24.5 Å². The molecule has 1 aromatic heterocycles. The van der Waals surface area contributed by atoms with Gasteiger partial charge in [-0.3, -0.25) is 4.98 Å². The third kappa shape index (κ3) is 2.69. The molecule has 2 heterocycles. The van der Waals surface area contributed by atoms with E-state index < -0.39 is 0 Å². The van der Waals surface area contributed by atoms with E-state index in [-0.39, 0.29) is 0 Å². The molecular formula is C12H19N3. The number of aromatic nitrogens is 1. The summed E-state index contributed by atoms with van der Waals surface area (Å²) >= 11 is 0. The highest BCUT2D eigenvalue weighted by Gasteiger charge is 2.18. The number of nitrogens with zero attached hydrogens (tertiary/aromatic N) is 2. The topological polar surface area (TPSA) is 28.2 Å². The molecule has 0 radical (unpaired) electrons. The van der Waals surface area contributed by atoms with Crippen molar-refractivity contribution in [1.82, 2.24) is 10.3 Å². The highest BCUT2D eigenvalue weighted by atomic mass is 15.1. The molecule has 0 bridgehead atoms. The predicted octanol–water partition coefficient (Wildman–Crippen LogP) is 1.52. The van der Waals surface area contributed by atoms with Crippen molar-refractivity contribution in [3.8, 4) is 0 Å². The zero-order chi connectivity index (χ0) is 10.5. The van der Waals surface area contributed by atoms with Gasteiger partial charge in [0.05, 0.1) is 0 Å². The first-order valence-corrected chi connectivity index (χ1v) is 5.69. The van der Waals surface area contributed by atoms with E-state index in [9.17, 15) is 0 Å². The van der Waals surface area contributed by atoms with E-state index in [1.54, 1.807) is 0 Å². The summed E-state index contributed by atoms with van der Waals surface area (Å²) in [7, 11) is 2.04. The highest BCUT2D eigenvalue weighted by molar-refractivity contribution is 5.44. The second-order valence-corrected chi connectivity index (χ2v) is 4.19. The van der Waals surface area contributed by atoms with Gasteiger partial charge in [0.1, 0.15) is 0 Å². The number of hydrogen-bond acceptors (Lipinski definition) is 3. The Bertz CT molecular complexity index is 278. The minimum atomic E-state index is 0.855. The Hall–Kier alpha value is -1.09. The fraction of sp³-hybridized carbons (Fsp3) is 0.583. The zero-order valence-electron chi connectivity index (χ0n) is 9.32. The molecule has 0 amide bonds. The van der Waals surface area contributed by atoms with Gasteiger partial charge in [0.2, 0.25) is 0 Å². The summed E-state index contributed by atoms with van der Waals surface area (Å²) in [5.41, 5.74) is 1.31. The van der Waals surface area contributed by atoms with Crippen molar-refractivity contribution in [2.75, 3.05) is 31.6 Å². The molecule has 1 fully saturated rings. The van der Waals surface area contributed by atoms with Crippen LogP contribution in [0.3, 0.4) is 0 Å². The van der Waals surface area contributed by atoms with Gasteiger partial charge in [-0.05, 0) is 44.5 Å². The van der Waals surface area contributed by atoms with E-state index >= 15 is 0 Å². The minimum absolute atomic E-state index is 0.855. The van der Waals surface area contributed by atoms with Crippen LogP contribution < -0.4 is 10.2 Å². The highest BCUT2D eigenvalue weighted by Crippen LogP contribution is 2.21. The Morgan fingerprint density at radius 2 is 2.00 bits per heavy atom. The maximum absolute atomic E-state index is 4.05. The number of piperidine rings is 1. The number of nitrogens with one attached hydrogen (secondary N) is 1. The van der Waals surface area contributed by atoms with E-state index in [4.69, 9.17) is 0 Å². The van der Waals surface area contributed by atoms with Gasteiger partial charge < -0.3 is 10.2 Å². The fourth-order valence-electron chi connectivity index (χ4n) is 2.24.